The number of Topliss-reactive ketones (excluding diaryl/α,β-unsaturated/α-hetero) is 1. The molecule has 5 amide bonds. The Morgan fingerprint density at radius 2 is 1.50 bits per heavy atom. The van der Waals surface area contributed by atoms with Crippen molar-refractivity contribution >= 4 is 41.5 Å². The molecule has 238 valence electrons. The number of esters is 2. The van der Waals surface area contributed by atoms with Crippen LogP contribution < -0.4 is 21.3 Å². The van der Waals surface area contributed by atoms with E-state index in [4.69, 9.17) is 9.47 Å². The van der Waals surface area contributed by atoms with E-state index in [1.165, 1.54) is 11.8 Å². The van der Waals surface area contributed by atoms with E-state index in [1.807, 2.05) is 0 Å². The number of likely N-dealkylation sites (tertiary alicyclic amines) is 1. The Morgan fingerprint density at radius 3 is 2.05 bits per heavy atom. The third kappa shape index (κ3) is 12.4. The summed E-state index contributed by atoms with van der Waals surface area (Å²) in [6.45, 7) is 14.8. The van der Waals surface area contributed by atoms with Gasteiger partial charge in [0.2, 0.25) is 17.6 Å². The third-order valence-corrected chi connectivity index (χ3v) is 6.00. The van der Waals surface area contributed by atoms with Crippen molar-refractivity contribution in [3.63, 3.8) is 0 Å². The second-order valence-corrected chi connectivity index (χ2v) is 12.5. The molecule has 1 saturated heterocycles. The van der Waals surface area contributed by atoms with Crippen LogP contribution in [0.2, 0.25) is 0 Å². The van der Waals surface area contributed by atoms with Crippen LogP contribution in [-0.4, -0.2) is 95.8 Å². The summed E-state index contributed by atoms with van der Waals surface area (Å²) >= 11 is 0. The van der Waals surface area contributed by atoms with Gasteiger partial charge in [0.15, 0.2) is 0 Å². The fourth-order valence-electron chi connectivity index (χ4n) is 4.09. The molecule has 1 rings (SSSR count). The predicted molar refractivity (Wildman–Crippen MR) is 152 cm³/mol. The number of nitrogens with one attached hydrogen (secondary N) is 4. The average molecular weight is 598 g/mol. The Morgan fingerprint density at radius 1 is 0.881 bits per heavy atom. The Balaban J connectivity index is 2.77. The second-order valence-electron chi connectivity index (χ2n) is 12.5. The number of carbonyl (C=O) groups excluding carboxylic acids is 7. The molecule has 14 heteroatoms. The zero-order valence-corrected chi connectivity index (χ0v) is 26.2. The SMILES string of the molecule is CC(C)OC(=O)CNC(=O)NC(C(=O)N1CCCC1C(=O)NC(C)C(=O)C(=O)NCCC(=O)OC(C)(C)C)C(C)(C)C. The molecule has 1 aliphatic rings. The van der Waals surface area contributed by atoms with Crippen molar-refractivity contribution in [1.82, 2.24) is 26.2 Å². The molecule has 0 aromatic carbocycles. The van der Waals surface area contributed by atoms with E-state index in [2.05, 4.69) is 21.3 Å². The van der Waals surface area contributed by atoms with E-state index in [1.54, 1.807) is 55.4 Å². The summed E-state index contributed by atoms with van der Waals surface area (Å²) in [5.74, 6) is -4.15. The minimum absolute atomic E-state index is 0.112. The minimum Gasteiger partial charge on any atom is -0.462 e. The first-order valence-electron chi connectivity index (χ1n) is 14.1. The van der Waals surface area contributed by atoms with E-state index in [0.717, 1.165) is 0 Å². The molecule has 0 aliphatic carbocycles. The monoisotopic (exact) mass is 597 g/mol. The lowest BCUT2D eigenvalue weighted by atomic mass is 9.85. The Bertz CT molecular complexity index is 1030. The molecule has 0 aromatic rings. The lowest BCUT2D eigenvalue weighted by molar-refractivity contribution is -0.155. The maximum atomic E-state index is 13.6. The van der Waals surface area contributed by atoms with Gasteiger partial charge in [-0.05, 0) is 59.8 Å². The van der Waals surface area contributed by atoms with Crippen molar-refractivity contribution in [2.45, 2.75) is 111 Å². The Kier molecular flexibility index (Phi) is 13.4. The van der Waals surface area contributed by atoms with E-state index in [0.29, 0.717) is 12.8 Å². The normalized spacial score (nSPS) is 16.6. The van der Waals surface area contributed by atoms with Crippen molar-refractivity contribution in [2.24, 2.45) is 5.41 Å². The van der Waals surface area contributed by atoms with Gasteiger partial charge in [-0.2, -0.15) is 0 Å². The smallest absolute Gasteiger partial charge is 0.325 e. The fourth-order valence-corrected chi connectivity index (χ4v) is 4.09. The lowest BCUT2D eigenvalue weighted by Gasteiger charge is -2.35. The van der Waals surface area contributed by atoms with Gasteiger partial charge in [-0.3, -0.25) is 28.8 Å². The molecule has 1 heterocycles. The van der Waals surface area contributed by atoms with Gasteiger partial charge in [0.05, 0.1) is 18.6 Å². The first-order chi connectivity index (χ1) is 19.2. The Labute approximate surface area is 247 Å². The van der Waals surface area contributed by atoms with Crippen LogP contribution in [-0.2, 0) is 38.2 Å². The summed E-state index contributed by atoms with van der Waals surface area (Å²) < 4.78 is 10.1. The highest BCUT2D eigenvalue weighted by atomic mass is 16.6. The minimum atomic E-state index is -1.19. The van der Waals surface area contributed by atoms with E-state index >= 15 is 0 Å². The quantitative estimate of drug-likeness (QED) is 0.184. The average Bonchev–Trinajstić information content (AvgIpc) is 3.33. The maximum absolute atomic E-state index is 13.6. The van der Waals surface area contributed by atoms with Gasteiger partial charge in [-0.1, -0.05) is 20.8 Å². The zero-order chi connectivity index (χ0) is 32.4. The van der Waals surface area contributed by atoms with E-state index in [9.17, 15) is 33.6 Å². The molecule has 0 spiro atoms. The molecule has 1 fully saturated rings. The van der Waals surface area contributed by atoms with Gasteiger partial charge in [0.25, 0.3) is 5.91 Å². The van der Waals surface area contributed by atoms with Gasteiger partial charge in [-0.15, -0.1) is 0 Å². The summed E-state index contributed by atoms with van der Waals surface area (Å²) in [6.07, 6.45) is 0.367. The molecule has 14 nitrogen and oxygen atoms in total. The molecular formula is C28H47N5O9. The number of rotatable bonds is 12. The van der Waals surface area contributed by atoms with Crippen LogP contribution in [0.25, 0.3) is 0 Å². The lowest BCUT2D eigenvalue weighted by Crippen LogP contribution is -2.60. The second kappa shape index (κ2) is 15.5. The number of carbonyl (C=O) groups is 7. The van der Waals surface area contributed by atoms with Crippen LogP contribution in [0.3, 0.4) is 0 Å². The molecule has 3 unspecified atom stereocenters. The first kappa shape index (κ1) is 36.3. The summed E-state index contributed by atoms with van der Waals surface area (Å²) in [4.78, 5) is 88.8. The number of amides is 5. The fraction of sp³-hybridized carbons (Fsp3) is 0.750. The third-order valence-electron chi connectivity index (χ3n) is 6.00. The van der Waals surface area contributed by atoms with Crippen LogP contribution in [0.1, 0.15) is 81.6 Å². The highest BCUT2D eigenvalue weighted by molar-refractivity contribution is 6.38. The van der Waals surface area contributed by atoms with Gasteiger partial charge in [-0.25, -0.2) is 4.79 Å². The summed E-state index contributed by atoms with van der Waals surface area (Å²) in [5.41, 5.74) is -1.43. The van der Waals surface area contributed by atoms with Gasteiger partial charge in [0.1, 0.15) is 24.2 Å². The molecule has 0 radical (unpaired) electrons. The van der Waals surface area contributed by atoms with Crippen molar-refractivity contribution in [3.05, 3.63) is 0 Å². The number of nitrogens with zero attached hydrogens (tertiary/aromatic N) is 1. The topological polar surface area (TPSA) is 189 Å². The molecule has 42 heavy (non-hydrogen) atoms. The van der Waals surface area contributed by atoms with Crippen molar-refractivity contribution < 1.29 is 43.0 Å². The summed E-state index contributed by atoms with van der Waals surface area (Å²) in [5, 5.41) is 9.81. The van der Waals surface area contributed by atoms with Gasteiger partial charge < -0.3 is 35.6 Å². The highest BCUT2D eigenvalue weighted by Gasteiger charge is 2.42. The van der Waals surface area contributed by atoms with Crippen LogP contribution in [0.15, 0.2) is 0 Å². The summed E-state index contributed by atoms with van der Waals surface area (Å²) in [7, 11) is 0. The number of ether oxygens (including phenoxy) is 2. The maximum Gasteiger partial charge on any atom is 0.325 e. The first-order valence-corrected chi connectivity index (χ1v) is 14.1. The van der Waals surface area contributed by atoms with Gasteiger partial charge >= 0.3 is 18.0 Å². The molecular weight excluding hydrogens is 550 g/mol. The van der Waals surface area contributed by atoms with E-state index in [-0.39, 0.29) is 32.2 Å². The number of hydrogen-bond acceptors (Lipinski definition) is 9. The number of hydrogen-bond donors (Lipinski definition) is 4. The number of ketones is 1. The van der Waals surface area contributed by atoms with Crippen molar-refractivity contribution in [3.8, 4) is 0 Å². The predicted octanol–water partition coefficient (Wildman–Crippen LogP) is 0.565. The van der Waals surface area contributed by atoms with Crippen LogP contribution >= 0.6 is 0 Å². The van der Waals surface area contributed by atoms with E-state index < -0.39 is 70.6 Å². The molecule has 3 atom stereocenters. The van der Waals surface area contributed by atoms with Crippen LogP contribution in [0.5, 0.6) is 0 Å². The van der Waals surface area contributed by atoms with Crippen molar-refractivity contribution in [1.29, 1.82) is 0 Å². The largest absolute Gasteiger partial charge is 0.462 e. The summed E-state index contributed by atoms with van der Waals surface area (Å²) in [6, 6.07) is -3.90. The van der Waals surface area contributed by atoms with Crippen LogP contribution in [0, 0.1) is 5.41 Å². The number of urea groups is 1. The Hall–Kier alpha value is -3.71. The van der Waals surface area contributed by atoms with Crippen molar-refractivity contribution in [2.75, 3.05) is 19.6 Å². The molecule has 0 saturated carbocycles. The molecule has 1 aliphatic heterocycles. The van der Waals surface area contributed by atoms with Gasteiger partial charge in [0, 0.05) is 13.1 Å². The standard InChI is InChI=1S/C28H47N5O9/c1-16(2)41-20(35)15-30-26(40)32-22(27(4,5)6)25(39)33-14-10-11-18(33)23(37)31-17(3)21(36)24(38)29-13-12-19(34)42-28(7,8)9/h16-18,22H,10-15H2,1-9H3,(H,29,38)(H,31,37)(H2,30,32,40). The van der Waals surface area contributed by atoms with Crippen LogP contribution in [0.4, 0.5) is 4.79 Å². The molecule has 0 bridgehead atoms. The molecule has 0 aromatic heterocycles. The molecule has 4 N–H and O–H groups in total. The zero-order valence-electron chi connectivity index (χ0n) is 26.2. The highest BCUT2D eigenvalue weighted by Crippen LogP contribution is 2.26.